The van der Waals surface area contributed by atoms with E-state index in [2.05, 4.69) is 10.3 Å². The Bertz CT molecular complexity index is 1500. The van der Waals surface area contributed by atoms with E-state index in [1.807, 2.05) is 30.3 Å². The zero-order valence-corrected chi connectivity index (χ0v) is 21.8. The molecule has 11 heteroatoms. The molecular weight excluding hydrogens is 540 g/mol. The molecule has 3 aromatic carbocycles. The van der Waals surface area contributed by atoms with Crippen molar-refractivity contribution in [2.24, 2.45) is 0 Å². The molecule has 212 valence electrons. The van der Waals surface area contributed by atoms with Gasteiger partial charge in [-0.2, -0.15) is 13.2 Å². The molecule has 5 rings (SSSR count). The van der Waals surface area contributed by atoms with Gasteiger partial charge in [-0.05, 0) is 61.4 Å². The van der Waals surface area contributed by atoms with Crippen LogP contribution in [0.15, 0.2) is 85.1 Å². The third-order valence-electron chi connectivity index (χ3n) is 6.66. The molecule has 0 aliphatic carbocycles. The van der Waals surface area contributed by atoms with E-state index < -0.39 is 29.4 Å². The van der Waals surface area contributed by atoms with E-state index in [9.17, 15) is 27.2 Å². The standard InChI is InChI=1S/C30H26F4N4O3/c31-23-12-8-21(9-13-23)28(40)37(17-25-7-4-16-41-25)19-27(39)36-29-35-26(20-5-2-1-3-6-20)18-38(29)24-14-10-22(11-15-24)30(32,33)34/h1-3,5-6,8-15,18,25H,4,7,16-17,19H2,(H,35,36,39)/t25-/m0/s1. The zero-order chi connectivity index (χ0) is 29.0. The van der Waals surface area contributed by atoms with Gasteiger partial charge >= 0.3 is 6.18 Å². The van der Waals surface area contributed by atoms with Crippen LogP contribution in [0.2, 0.25) is 0 Å². The average molecular weight is 567 g/mol. The topological polar surface area (TPSA) is 76.5 Å². The van der Waals surface area contributed by atoms with Crippen molar-refractivity contribution in [2.45, 2.75) is 25.1 Å². The number of ether oxygens (including phenoxy) is 1. The molecule has 2 amide bonds. The Balaban J connectivity index is 1.42. The molecule has 0 radical (unpaired) electrons. The first kappa shape index (κ1) is 28.0. The van der Waals surface area contributed by atoms with Crippen molar-refractivity contribution >= 4 is 17.8 Å². The molecule has 2 heterocycles. The first-order chi connectivity index (χ1) is 19.7. The third-order valence-corrected chi connectivity index (χ3v) is 6.66. The van der Waals surface area contributed by atoms with E-state index in [1.54, 1.807) is 6.20 Å². The molecule has 0 saturated carbocycles. The number of benzene rings is 3. The molecule has 0 spiro atoms. The Kier molecular flexibility index (Phi) is 8.16. The van der Waals surface area contributed by atoms with Gasteiger partial charge in [0.2, 0.25) is 11.9 Å². The smallest absolute Gasteiger partial charge is 0.376 e. The van der Waals surface area contributed by atoms with Crippen LogP contribution < -0.4 is 5.32 Å². The molecular formula is C30H26F4N4O3. The van der Waals surface area contributed by atoms with Crippen LogP contribution in [-0.2, 0) is 15.7 Å². The number of hydrogen-bond acceptors (Lipinski definition) is 4. The number of hydrogen-bond donors (Lipinski definition) is 1. The van der Waals surface area contributed by atoms with Crippen molar-refractivity contribution in [3.05, 3.63) is 102 Å². The summed E-state index contributed by atoms with van der Waals surface area (Å²) in [6.45, 7) is 0.366. The van der Waals surface area contributed by atoms with E-state index in [0.29, 0.717) is 18.0 Å². The number of nitrogens with one attached hydrogen (secondary N) is 1. The molecule has 1 aliphatic heterocycles. The molecule has 0 bridgehead atoms. The van der Waals surface area contributed by atoms with Crippen molar-refractivity contribution in [1.82, 2.24) is 14.5 Å². The molecule has 1 saturated heterocycles. The van der Waals surface area contributed by atoms with Crippen molar-refractivity contribution in [3.63, 3.8) is 0 Å². The zero-order valence-electron chi connectivity index (χ0n) is 21.8. The van der Waals surface area contributed by atoms with Crippen molar-refractivity contribution < 1.29 is 31.9 Å². The van der Waals surface area contributed by atoms with Crippen LogP contribution in [-0.4, -0.2) is 52.1 Å². The highest BCUT2D eigenvalue weighted by atomic mass is 19.4. The van der Waals surface area contributed by atoms with Crippen LogP contribution in [0.1, 0.15) is 28.8 Å². The fraction of sp³-hybridized carbons (Fsp3) is 0.233. The summed E-state index contributed by atoms with van der Waals surface area (Å²) in [7, 11) is 0. The number of carbonyl (C=O) groups is 2. The fourth-order valence-electron chi connectivity index (χ4n) is 4.59. The van der Waals surface area contributed by atoms with Crippen molar-refractivity contribution in [3.8, 4) is 16.9 Å². The minimum absolute atomic E-state index is 0.0694. The number of alkyl halides is 3. The number of aromatic nitrogens is 2. The number of halogens is 4. The summed E-state index contributed by atoms with van der Waals surface area (Å²) < 4.78 is 60.0. The van der Waals surface area contributed by atoms with Crippen LogP contribution in [0.5, 0.6) is 0 Å². The summed E-state index contributed by atoms with van der Waals surface area (Å²) >= 11 is 0. The van der Waals surface area contributed by atoms with E-state index in [1.165, 1.54) is 45.9 Å². The second kappa shape index (κ2) is 11.9. The molecule has 1 aliphatic rings. The first-order valence-electron chi connectivity index (χ1n) is 13.0. The van der Waals surface area contributed by atoms with E-state index in [-0.39, 0.29) is 30.7 Å². The van der Waals surface area contributed by atoms with Gasteiger partial charge in [-0.15, -0.1) is 0 Å². The number of amides is 2. The molecule has 4 aromatic rings. The second-order valence-electron chi connectivity index (χ2n) is 9.61. The lowest BCUT2D eigenvalue weighted by Crippen LogP contribution is -2.42. The number of nitrogens with zero attached hydrogens (tertiary/aromatic N) is 3. The third kappa shape index (κ3) is 6.80. The summed E-state index contributed by atoms with van der Waals surface area (Å²) in [5.74, 6) is -1.46. The molecule has 41 heavy (non-hydrogen) atoms. The van der Waals surface area contributed by atoms with Crippen LogP contribution in [0, 0.1) is 5.82 Å². The number of rotatable bonds is 8. The van der Waals surface area contributed by atoms with Gasteiger partial charge in [0.15, 0.2) is 0 Å². The van der Waals surface area contributed by atoms with E-state index in [4.69, 9.17) is 4.74 Å². The van der Waals surface area contributed by atoms with Crippen LogP contribution in [0.4, 0.5) is 23.5 Å². The van der Waals surface area contributed by atoms with Gasteiger partial charge in [-0.25, -0.2) is 9.37 Å². The largest absolute Gasteiger partial charge is 0.416 e. The molecule has 7 nitrogen and oxygen atoms in total. The highest BCUT2D eigenvalue weighted by Gasteiger charge is 2.30. The Morgan fingerprint density at radius 2 is 1.71 bits per heavy atom. The van der Waals surface area contributed by atoms with Gasteiger partial charge < -0.3 is 9.64 Å². The van der Waals surface area contributed by atoms with Gasteiger partial charge in [-0.3, -0.25) is 19.5 Å². The SMILES string of the molecule is O=C(CN(C[C@@H]1CCCO1)C(=O)c1ccc(F)cc1)Nc1nc(-c2ccccc2)cn1-c1ccc(C(F)(F)F)cc1. The Morgan fingerprint density at radius 1 is 1.00 bits per heavy atom. The predicted molar refractivity (Wildman–Crippen MR) is 144 cm³/mol. The summed E-state index contributed by atoms with van der Waals surface area (Å²) in [4.78, 5) is 32.4. The minimum atomic E-state index is -4.50. The van der Waals surface area contributed by atoms with Crippen molar-refractivity contribution in [2.75, 3.05) is 25.0 Å². The highest BCUT2D eigenvalue weighted by molar-refractivity contribution is 5.99. The summed E-state index contributed by atoms with van der Waals surface area (Å²) in [6.07, 6.45) is -1.56. The number of carbonyl (C=O) groups excluding carboxylic acids is 2. The normalized spacial score (nSPS) is 15.1. The fourth-order valence-corrected chi connectivity index (χ4v) is 4.59. The van der Waals surface area contributed by atoms with Crippen LogP contribution >= 0.6 is 0 Å². The monoisotopic (exact) mass is 566 g/mol. The predicted octanol–water partition coefficient (Wildman–Crippen LogP) is 5.96. The maximum Gasteiger partial charge on any atom is 0.416 e. The molecule has 1 atom stereocenters. The van der Waals surface area contributed by atoms with Gasteiger partial charge in [0.05, 0.1) is 17.4 Å². The van der Waals surface area contributed by atoms with E-state index in [0.717, 1.165) is 30.5 Å². The molecule has 1 N–H and O–H groups in total. The summed E-state index contributed by atoms with van der Waals surface area (Å²) in [6, 6.07) is 18.6. The number of anilines is 1. The van der Waals surface area contributed by atoms with Crippen LogP contribution in [0.3, 0.4) is 0 Å². The van der Waals surface area contributed by atoms with Gasteiger partial charge in [0.1, 0.15) is 12.4 Å². The Labute approximate surface area is 233 Å². The molecule has 0 unspecified atom stereocenters. The summed E-state index contributed by atoms with van der Waals surface area (Å²) in [5, 5.41) is 2.71. The molecule has 1 fully saturated rings. The highest BCUT2D eigenvalue weighted by Crippen LogP contribution is 2.31. The maximum absolute atomic E-state index is 13.4. The van der Waals surface area contributed by atoms with Gasteiger partial charge in [0, 0.05) is 36.2 Å². The van der Waals surface area contributed by atoms with Crippen LogP contribution in [0.25, 0.3) is 16.9 Å². The maximum atomic E-state index is 13.4. The quantitative estimate of drug-likeness (QED) is 0.267. The number of imidazole rings is 1. The van der Waals surface area contributed by atoms with Gasteiger partial charge in [-0.1, -0.05) is 30.3 Å². The van der Waals surface area contributed by atoms with Crippen molar-refractivity contribution in [1.29, 1.82) is 0 Å². The average Bonchev–Trinajstić information content (AvgIpc) is 3.63. The summed E-state index contributed by atoms with van der Waals surface area (Å²) in [5.41, 5.74) is 0.982. The lowest BCUT2D eigenvalue weighted by atomic mass is 10.1. The lowest BCUT2D eigenvalue weighted by molar-refractivity contribution is -0.137. The lowest BCUT2D eigenvalue weighted by Gasteiger charge is -2.25. The Morgan fingerprint density at radius 3 is 2.34 bits per heavy atom. The Hall–Kier alpha value is -4.51. The van der Waals surface area contributed by atoms with E-state index >= 15 is 0 Å². The molecule has 1 aromatic heterocycles. The minimum Gasteiger partial charge on any atom is -0.376 e. The first-order valence-corrected chi connectivity index (χ1v) is 13.0. The van der Waals surface area contributed by atoms with Gasteiger partial charge in [0.25, 0.3) is 5.91 Å². The second-order valence-corrected chi connectivity index (χ2v) is 9.61.